The number of unbranched alkanes of at least 4 members (excludes halogenated alkanes) is 3. The van der Waals surface area contributed by atoms with Crippen LogP contribution in [0.5, 0.6) is 0 Å². The highest BCUT2D eigenvalue weighted by atomic mass is 16.5. The van der Waals surface area contributed by atoms with Gasteiger partial charge in [0.25, 0.3) is 0 Å². The van der Waals surface area contributed by atoms with Crippen LogP contribution in [0.4, 0.5) is 0 Å². The van der Waals surface area contributed by atoms with Crippen LogP contribution in [0.1, 0.15) is 38.2 Å². The second-order valence-electron chi connectivity index (χ2n) is 4.31. The van der Waals surface area contributed by atoms with E-state index in [1.54, 1.807) is 0 Å². The largest absolute Gasteiger partial charge is 0.374 e. The van der Waals surface area contributed by atoms with E-state index in [1.807, 2.05) is 30.3 Å². The van der Waals surface area contributed by atoms with E-state index in [2.05, 4.69) is 6.92 Å². The van der Waals surface area contributed by atoms with Gasteiger partial charge in [0.2, 0.25) is 0 Å². The third-order valence-corrected chi connectivity index (χ3v) is 2.65. The van der Waals surface area contributed by atoms with Gasteiger partial charge in [0.1, 0.15) is 6.61 Å². The van der Waals surface area contributed by atoms with Gasteiger partial charge < -0.3 is 4.74 Å². The van der Waals surface area contributed by atoms with Crippen LogP contribution >= 0.6 is 0 Å². The molecule has 0 saturated heterocycles. The van der Waals surface area contributed by atoms with E-state index < -0.39 is 0 Å². The Bertz CT molecular complexity index is 306. The Morgan fingerprint density at radius 1 is 1.12 bits per heavy atom. The molecule has 0 bridgehead atoms. The van der Waals surface area contributed by atoms with E-state index in [0.29, 0.717) is 13.0 Å². The molecule has 0 aliphatic heterocycles. The lowest BCUT2D eigenvalue weighted by atomic mass is 10.1. The molecule has 0 radical (unpaired) electrons. The molecule has 0 saturated carbocycles. The molecule has 1 aromatic rings. The van der Waals surface area contributed by atoms with Gasteiger partial charge >= 0.3 is 0 Å². The zero-order valence-corrected chi connectivity index (χ0v) is 10.7. The van der Waals surface area contributed by atoms with Gasteiger partial charge in [0.05, 0.1) is 0 Å². The summed E-state index contributed by atoms with van der Waals surface area (Å²) >= 11 is 0. The summed E-state index contributed by atoms with van der Waals surface area (Å²) in [5.74, 6) is 0.159. The fourth-order valence-electron chi connectivity index (χ4n) is 1.69. The smallest absolute Gasteiger partial charge is 0.162 e. The maximum atomic E-state index is 11.6. The number of benzene rings is 1. The Morgan fingerprint density at radius 3 is 2.59 bits per heavy atom. The molecule has 0 heterocycles. The monoisotopic (exact) mass is 234 g/mol. The number of ketones is 1. The highest BCUT2D eigenvalue weighted by Gasteiger charge is 2.03. The molecule has 0 N–H and O–H groups in total. The Kier molecular flexibility index (Phi) is 7.32. The second-order valence-corrected chi connectivity index (χ2v) is 4.31. The van der Waals surface area contributed by atoms with Crippen molar-refractivity contribution in [3.8, 4) is 0 Å². The van der Waals surface area contributed by atoms with Crippen molar-refractivity contribution in [3.63, 3.8) is 0 Å². The molecule has 2 nitrogen and oxygen atoms in total. The van der Waals surface area contributed by atoms with Crippen molar-refractivity contribution < 1.29 is 9.53 Å². The summed E-state index contributed by atoms with van der Waals surface area (Å²) in [6.07, 6.45) is 5.22. The van der Waals surface area contributed by atoms with Gasteiger partial charge in [-0.15, -0.1) is 0 Å². The maximum absolute atomic E-state index is 11.6. The zero-order valence-electron chi connectivity index (χ0n) is 10.7. The van der Waals surface area contributed by atoms with E-state index >= 15 is 0 Å². The number of hydrogen-bond donors (Lipinski definition) is 0. The van der Waals surface area contributed by atoms with Gasteiger partial charge in [0.15, 0.2) is 5.78 Å². The quantitative estimate of drug-likeness (QED) is 0.612. The minimum atomic E-state index is 0.159. The van der Waals surface area contributed by atoms with E-state index in [-0.39, 0.29) is 12.4 Å². The van der Waals surface area contributed by atoms with Crippen LogP contribution < -0.4 is 0 Å². The number of rotatable bonds is 9. The topological polar surface area (TPSA) is 26.3 Å². The maximum Gasteiger partial charge on any atom is 0.162 e. The minimum absolute atomic E-state index is 0.159. The Labute approximate surface area is 104 Å². The fraction of sp³-hybridized carbons (Fsp3) is 0.533. The van der Waals surface area contributed by atoms with Crippen LogP contribution in [0.3, 0.4) is 0 Å². The molecule has 1 aromatic carbocycles. The summed E-state index contributed by atoms with van der Waals surface area (Å²) in [6.45, 7) is 3.14. The highest BCUT2D eigenvalue weighted by molar-refractivity contribution is 5.81. The van der Waals surface area contributed by atoms with Crippen molar-refractivity contribution in [2.75, 3.05) is 13.2 Å². The van der Waals surface area contributed by atoms with Crippen molar-refractivity contribution >= 4 is 5.78 Å². The number of carbonyl (C=O) groups is 1. The van der Waals surface area contributed by atoms with E-state index in [9.17, 15) is 4.79 Å². The lowest BCUT2D eigenvalue weighted by molar-refractivity contribution is -0.122. The molecule has 2 heteroatoms. The van der Waals surface area contributed by atoms with E-state index in [1.165, 1.54) is 19.3 Å². The summed E-state index contributed by atoms with van der Waals surface area (Å²) in [5.41, 5.74) is 1.06. The lowest BCUT2D eigenvalue weighted by Gasteiger charge is -2.03. The van der Waals surface area contributed by atoms with Crippen LogP contribution in [-0.4, -0.2) is 19.0 Å². The molecule has 0 spiro atoms. The van der Waals surface area contributed by atoms with Gasteiger partial charge in [-0.2, -0.15) is 0 Å². The molecule has 17 heavy (non-hydrogen) atoms. The molecule has 0 atom stereocenters. The standard InChI is InChI=1S/C15H22O2/c1-2-3-4-8-11-17-13-15(16)12-14-9-6-5-7-10-14/h5-7,9-10H,2-4,8,11-13H2,1H3. The highest BCUT2D eigenvalue weighted by Crippen LogP contribution is 2.01. The molecular weight excluding hydrogens is 212 g/mol. The Hall–Kier alpha value is -1.15. The van der Waals surface area contributed by atoms with Crippen molar-refractivity contribution in [3.05, 3.63) is 35.9 Å². The van der Waals surface area contributed by atoms with Crippen LogP contribution in [0.15, 0.2) is 30.3 Å². The van der Waals surface area contributed by atoms with Crippen LogP contribution in [0, 0.1) is 0 Å². The van der Waals surface area contributed by atoms with Crippen LogP contribution in [0.2, 0.25) is 0 Å². The van der Waals surface area contributed by atoms with Crippen LogP contribution in [0.25, 0.3) is 0 Å². The van der Waals surface area contributed by atoms with Gasteiger partial charge in [-0.3, -0.25) is 4.79 Å². The van der Waals surface area contributed by atoms with Gasteiger partial charge in [0, 0.05) is 13.0 Å². The predicted octanol–water partition coefficient (Wildman–Crippen LogP) is 3.40. The van der Waals surface area contributed by atoms with Crippen molar-refractivity contribution in [1.29, 1.82) is 0 Å². The Balaban J connectivity index is 2.06. The SMILES string of the molecule is CCCCCCOCC(=O)Cc1ccccc1. The summed E-state index contributed by atoms with van der Waals surface area (Å²) in [6, 6.07) is 9.80. The van der Waals surface area contributed by atoms with Gasteiger partial charge in [-0.1, -0.05) is 56.5 Å². The molecule has 94 valence electrons. The van der Waals surface area contributed by atoms with Crippen molar-refractivity contribution in [1.82, 2.24) is 0 Å². The normalized spacial score (nSPS) is 10.4. The molecule has 0 aromatic heterocycles. The van der Waals surface area contributed by atoms with Crippen molar-refractivity contribution in [2.45, 2.75) is 39.0 Å². The van der Waals surface area contributed by atoms with E-state index in [4.69, 9.17) is 4.74 Å². The molecule has 0 aliphatic rings. The molecule has 0 aliphatic carbocycles. The first-order valence-corrected chi connectivity index (χ1v) is 6.46. The van der Waals surface area contributed by atoms with Crippen LogP contribution in [-0.2, 0) is 16.0 Å². The number of hydrogen-bond acceptors (Lipinski definition) is 2. The molecule has 0 unspecified atom stereocenters. The minimum Gasteiger partial charge on any atom is -0.374 e. The summed E-state index contributed by atoms with van der Waals surface area (Å²) < 4.78 is 5.36. The first kappa shape index (κ1) is 13.9. The number of carbonyl (C=O) groups excluding carboxylic acids is 1. The van der Waals surface area contributed by atoms with Gasteiger partial charge in [-0.05, 0) is 12.0 Å². The molecule has 0 fully saturated rings. The van der Waals surface area contributed by atoms with E-state index in [0.717, 1.165) is 12.0 Å². The zero-order chi connectivity index (χ0) is 12.3. The average Bonchev–Trinajstić information content (AvgIpc) is 2.35. The number of Topliss-reactive ketones (excluding diaryl/α,β-unsaturated/α-hetero) is 1. The first-order chi connectivity index (χ1) is 8.33. The Morgan fingerprint density at radius 2 is 1.88 bits per heavy atom. The molecular formula is C15H22O2. The summed E-state index contributed by atoms with van der Waals surface area (Å²) in [4.78, 5) is 11.6. The molecule has 0 amide bonds. The second kappa shape index (κ2) is 8.94. The fourth-order valence-corrected chi connectivity index (χ4v) is 1.69. The number of ether oxygens (including phenoxy) is 1. The third-order valence-electron chi connectivity index (χ3n) is 2.65. The average molecular weight is 234 g/mol. The van der Waals surface area contributed by atoms with Crippen molar-refractivity contribution in [2.24, 2.45) is 0 Å². The molecule has 1 rings (SSSR count). The third kappa shape index (κ3) is 6.90. The summed E-state index contributed by atoms with van der Waals surface area (Å²) in [7, 11) is 0. The lowest BCUT2D eigenvalue weighted by Crippen LogP contribution is -2.12. The van der Waals surface area contributed by atoms with Gasteiger partial charge in [-0.25, -0.2) is 0 Å². The predicted molar refractivity (Wildman–Crippen MR) is 70.1 cm³/mol. The first-order valence-electron chi connectivity index (χ1n) is 6.46. The summed E-state index contributed by atoms with van der Waals surface area (Å²) in [5, 5.41) is 0.